The van der Waals surface area contributed by atoms with Gasteiger partial charge in [0.05, 0.1) is 18.0 Å². The fourth-order valence-corrected chi connectivity index (χ4v) is 2.42. The van der Waals surface area contributed by atoms with Gasteiger partial charge in [0.15, 0.2) is 0 Å². The molecular weight excluding hydrogens is 296 g/mol. The van der Waals surface area contributed by atoms with E-state index >= 15 is 0 Å². The fourth-order valence-electron chi connectivity index (χ4n) is 2.42. The molecule has 3 rings (SSSR count). The molecule has 1 atom stereocenters. The van der Waals surface area contributed by atoms with Gasteiger partial charge in [0.2, 0.25) is 0 Å². The van der Waals surface area contributed by atoms with Crippen molar-refractivity contribution in [2.24, 2.45) is 7.05 Å². The van der Waals surface area contributed by atoms with Crippen LogP contribution in [0.1, 0.15) is 18.4 Å². The largest absolute Gasteiger partial charge is 0.447 e. The molecule has 7 heteroatoms. The van der Waals surface area contributed by atoms with Gasteiger partial charge in [-0.2, -0.15) is 5.10 Å². The Kier molecular flexibility index (Phi) is 4.87. The molecular formula is C16H20N4O3. The van der Waals surface area contributed by atoms with Crippen molar-refractivity contribution >= 4 is 6.09 Å². The van der Waals surface area contributed by atoms with Gasteiger partial charge in [0.1, 0.15) is 6.61 Å². The van der Waals surface area contributed by atoms with Gasteiger partial charge in [-0.25, -0.2) is 4.79 Å². The number of carbonyl (C=O) groups is 1. The Morgan fingerprint density at radius 3 is 3.04 bits per heavy atom. The van der Waals surface area contributed by atoms with Crippen LogP contribution in [0.25, 0.3) is 11.3 Å². The van der Waals surface area contributed by atoms with E-state index < -0.39 is 6.09 Å². The Hall–Kier alpha value is -2.41. The maximum atomic E-state index is 11.6. The molecule has 1 amide bonds. The average molecular weight is 316 g/mol. The van der Waals surface area contributed by atoms with Crippen LogP contribution in [0, 0.1) is 0 Å². The van der Waals surface area contributed by atoms with Crippen LogP contribution in [0.2, 0.25) is 0 Å². The number of hydrogen-bond donors (Lipinski definition) is 1. The molecule has 1 saturated heterocycles. The first-order valence-corrected chi connectivity index (χ1v) is 7.67. The maximum Gasteiger partial charge on any atom is 0.407 e. The number of aryl methyl sites for hydroxylation is 1. The number of nitrogens with zero attached hydrogens (tertiary/aromatic N) is 3. The number of ether oxygens (including phenoxy) is 2. The summed E-state index contributed by atoms with van der Waals surface area (Å²) in [6, 6.07) is 3.83. The van der Waals surface area contributed by atoms with Crippen molar-refractivity contribution in [3.05, 3.63) is 36.3 Å². The van der Waals surface area contributed by atoms with Crippen molar-refractivity contribution in [1.82, 2.24) is 20.1 Å². The number of rotatable bonds is 5. The Morgan fingerprint density at radius 1 is 1.48 bits per heavy atom. The second kappa shape index (κ2) is 7.23. The van der Waals surface area contributed by atoms with Crippen molar-refractivity contribution in [2.75, 3.05) is 13.2 Å². The Balaban J connectivity index is 1.45. The van der Waals surface area contributed by atoms with Gasteiger partial charge in [-0.05, 0) is 24.5 Å². The Labute approximate surface area is 134 Å². The average Bonchev–Trinajstić information content (AvgIpc) is 3.23. The molecule has 1 unspecified atom stereocenters. The molecule has 23 heavy (non-hydrogen) atoms. The molecule has 2 aromatic rings. The molecule has 0 spiro atoms. The number of carbonyl (C=O) groups excluding carboxylic acids is 1. The van der Waals surface area contributed by atoms with Crippen LogP contribution in [0.15, 0.2) is 30.7 Å². The number of nitrogens with one attached hydrogen (secondary N) is 1. The van der Waals surface area contributed by atoms with E-state index in [1.165, 1.54) is 0 Å². The first kappa shape index (κ1) is 15.5. The second-order valence-corrected chi connectivity index (χ2v) is 5.54. The van der Waals surface area contributed by atoms with E-state index in [4.69, 9.17) is 9.47 Å². The monoisotopic (exact) mass is 316 g/mol. The van der Waals surface area contributed by atoms with Crippen molar-refractivity contribution in [2.45, 2.75) is 25.5 Å². The molecule has 1 aliphatic heterocycles. The van der Waals surface area contributed by atoms with Crippen molar-refractivity contribution in [1.29, 1.82) is 0 Å². The maximum absolute atomic E-state index is 11.6. The van der Waals surface area contributed by atoms with Gasteiger partial charge in [0, 0.05) is 38.2 Å². The topological polar surface area (TPSA) is 78.3 Å². The van der Waals surface area contributed by atoms with Crippen molar-refractivity contribution in [3.8, 4) is 11.3 Å². The normalized spacial score (nSPS) is 17.2. The highest BCUT2D eigenvalue weighted by atomic mass is 16.6. The molecule has 0 aliphatic carbocycles. The SMILES string of the molecule is Cn1cc(-c2ccc(CNC(=O)OCC3CCCO3)cn2)cn1. The second-order valence-electron chi connectivity index (χ2n) is 5.54. The zero-order valence-electron chi connectivity index (χ0n) is 13.1. The minimum Gasteiger partial charge on any atom is -0.447 e. The van der Waals surface area contributed by atoms with Gasteiger partial charge >= 0.3 is 6.09 Å². The molecule has 3 heterocycles. The van der Waals surface area contributed by atoms with Gasteiger partial charge in [0.25, 0.3) is 0 Å². The fraction of sp³-hybridized carbons (Fsp3) is 0.438. The van der Waals surface area contributed by atoms with E-state index in [1.807, 2.05) is 25.4 Å². The molecule has 0 radical (unpaired) electrons. The highest BCUT2D eigenvalue weighted by Gasteiger charge is 2.17. The summed E-state index contributed by atoms with van der Waals surface area (Å²) in [6.07, 6.45) is 7.00. The number of aromatic nitrogens is 3. The number of amides is 1. The van der Waals surface area contributed by atoms with E-state index in [9.17, 15) is 4.79 Å². The Morgan fingerprint density at radius 2 is 2.39 bits per heavy atom. The van der Waals surface area contributed by atoms with Crippen LogP contribution in [0.3, 0.4) is 0 Å². The summed E-state index contributed by atoms with van der Waals surface area (Å²) in [7, 11) is 1.87. The summed E-state index contributed by atoms with van der Waals surface area (Å²) in [5, 5.41) is 6.83. The van der Waals surface area contributed by atoms with E-state index in [2.05, 4.69) is 15.4 Å². The molecule has 1 aliphatic rings. The molecule has 0 aromatic carbocycles. The highest BCUT2D eigenvalue weighted by Crippen LogP contribution is 2.15. The molecule has 0 saturated carbocycles. The first-order chi connectivity index (χ1) is 11.2. The van der Waals surface area contributed by atoms with Gasteiger partial charge in [-0.3, -0.25) is 9.67 Å². The lowest BCUT2D eigenvalue weighted by Crippen LogP contribution is -2.27. The van der Waals surface area contributed by atoms with Crippen LogP contribution in [-0.2, 0) is 23.1 Å². The zero-order valence-corrected chi connectivity index (χ0v) is 13.1. The molecule has 2 aromatic heterocycles. The Bertz CT molecular complexity index is 648. The minimum atomic E-state index is -0.433. The summed E-state index contributed by atoms with van der Waals surface area (Å²) in [5.41, 5.74) is 2.72. The molecule has 7 nitrogen and oxygen atoms in total. The van der Waals surface area contributed by atoms with E-state index in [0.717, 1.165) is 36.3 Å². The van der Waals surface area contributed by atoms with Gasteiger partial charge < -0.3 is 14.8 Å². The summed E-state index contributed by atoms with van der Waals surface area (Å²) in [4.78, 5) is 16.0. The van der Waals surface area contributed by atoms with Crippen LogP contribution >= 0.6 is 0 Å². The molecule has 122 valence electrons. The number of hydrogen-bond acceptors (Lipinski definition) is 5. The van der Waals surface area contributed by atoms with E-state index in [0.29, 0.717) is 13.2 Å². The third-order valence-electron chi connectivity index (χ3n) is 3.69. The van der Waals surface area contributed by atoms with Crippen LogP contribution in [0.5, 0.6) is 0 Å². The van der Waals surface area contributed by atoms with Gasteiger partial charge in [-0.1, -0.05) is 6.07 Å². The predicted molar refractivity (Wildman–Crippen MR) is 83.6 cm³/mol. The van der Waals surface area contributed by atoms with Crippen LogP contribution < -0.4 is 5.32 Å². The zero-order chi connectivity index (χ0) is 16.1. The van der Waals surface area contributed by atoms with E-state index in [-0.39, 0.29) is 6.10 Å². The standard InChI is InChI=1S/C16H20N4O3/c1-20-10-13(9-19-20)15-5-4-12(7-17-15)8-18-16(21)23-11-14-3-2-6-22-14/h4-5,7,9-10,14H,2-3,6,8,11H2,1H3,(H,18,21). The summed E-state index contributed by atoms with van der Waals surface area (Å²) >= 11 is 0. The van der Waals surface area contributed by atoms with Gasteiger partial charge in [-0.15, -0.1) is 0 Å². The lowest BCUT2D eigenvalue weighted by molar-refractivity contribution is 0.0437. The lowest BCUT2D eigenvalue weighted by atomic mass is 10.2. The van der Waals surface area contributed by atoms with Crippen LogP contribution in [0.4, 0.5) is 4.79 Å². The minimum absolute atomic E-state index is 0.0428. The summed E-state index contributed by atoms with van der Waals surface area (Å²) in [6.45, 7) is 1.44. The molecule has 1 fully saturated rings. The van der Waals surface area contributed by atoms with Crippen LogP contribution in [-0.4, -0.2) is 40.2 Å². The smallest absolute Gasteiger partial charge is 0.407 e. The first-order valence-electron chi connectivity index (χ1n) is 7.67. The third kappa shape index (κ3) is 4.29. The lowest BCUT2D eigenvalue weighted by Gasteiger charge is -2.11. The van der Waals surface area contributed by atoms with Crippen molar-refractivity contribution in [3.63, 3.8) is 0 Å². The third-order valence-corrected chi connectivity index (χ3v) is 3.69. The van der Waals surface area contributed by atoms with Crippen molar-refractivity contribution < 1.29 is 14.3 Å². The molecule has 0 bridgehead atoms. The molecule has 1 N–H and O–H groups in total. The number of alkyl carbamates (subject to hydrolysis) is 1. The highest BCUT2D eigenvalue weighted by molar-refractivity contribution is 5.67. The number of pyridine rings is 1. The van der Waals surface area contributed by atoms with E-state index in [1.54, 1.807) is 17.1 Å². The predicted octanol–water partition coefficient (Wildman–Crippen LogP) is 1.89. The summed E-state index contributed by atoms with van der Waals surface area (Å²) < 4.78 is 12.3. The quantitative estimate of drug-likeness (QED) is 0.911. The summed E-state index contributed by atoms with van der Waals surface area (Å²) in [5.74, 6) is 0.